The number of nitrogens with zero attached hydrogens (tertiary/aromatic N) is 2. The van der Waals surface area contributed by atoms with Crippen LogP contribution in [0.5, 0.6) is 0 Å². The van der Waals surface area contributed by atoms with Crippen LogP contribution in [0.25, 0.3) is 0 Å². The summed E-state index contributed by atoms with van der Waals surface area (Å²) in [5.74, 6) is 0. The van der Waals surface area contributed by atoms with E-state index in [0.29, 0.717) is 39.0 Å². The first-order valence-electron chi connectivity index (χ1n) is 9.73. The van der Waals surface area contributed by atoms with Crippen LogP contribution in [0.15, 0.2) is 18.2 Å². The van der Waals surface area contributed by atoms with Gasteiger partial charge < -0.3 is 24.0 Å². The second-order valence-electron chi connectivity index (χ2n) is 8.51. The lowest BCUT2D eigenvalue weighted by atomic mass is 10.1. The highest BCUT2D eigenvalue weighted by Crippen LogP contribution is 2.37. The summed E-state index contributed by atoms with van der Waals surface area (Å²) < 4.78 is 16.3. The van der Waals surface area contributed by atoms with E-state index in [1.807, 2.05) is 25.7 Å². The van der Waals surface area contributed by atoms with E-state index >= 15 is 0 Å². The lowest BCUT2D eigenvalue weighted by Crippen LogP contribution is -2.58. The largest absolute Gasteiger partial charge is 0.444 e. The lowest BCUT2D eigenvalue weighted by molar-refractivity contribution is 0.0192. The third kappa shape index (κ3) is 4.74. The summed E-state index contributed by atoms with van der Waals surface area (Å²) in [6.45, 7) is 11.1. The number of hydrogen-bond acceptors (Lipinski definition) is 5. The van der Waals surface area contributed by atoms with Crippen LogP contribution in [0.3, 0.4) is 0 Å². The molecule has 1 saturated heterocycles. The van der Waals surface area contributed by atoms with Crippen molar-refractivity contribution in [1.29, 1.82) is 0 Å². The van der Waals surface area contributed by atoms with Crippen molar-refractivity contribution in [2.24, 2.45) is 0 Å². The Morgan fingerprint density at radius 1 is 1.22 bits per heavy atom. The zero-order valence-corrected chi connectivity index (χ0v) is 17.2. The van der Waals surface area contributed by atoms with Gasteiger partial charge in [-0.15, -0.1) is 0 Å². The Morgan fingerprint density at radius 3 is 2.70 bits per heavy atom. The average molecular weight is 376 g/mol. The van der Waals surface area contributed by atoms with Crippen molar-refractivity contribution in [2.45, 2.75) is 58.4 Å². The number of piperazine rings is 1. The van der Waals surface area contributed by atoms with E-state index in [9.17, 15) is 4.79 Å². The summed E-state index contributed by atoms with van der Waals surface area (Å²) in [4.78, 5) is 16.8. The molecular weight excluding hydrogens is 344 g/mol. The highest BCUT2D eigenvalue weighted by molar-refractivity contribution is 5.70. The molecule has 6 heteroatoms. The van der Waals surface area contributed by atoms with E-state index in [-0.39, 0.29) is 12.1 Å². The van der Waals surface area contributed by atoms with Gasteiger partial charge in [-0.25, -0.2) is 4.79 Å². The van der Waals surface area contributed by atoms with Crippen LogP contribution in [-0.4, -0.2) is 62.1 Å². The van der Waals surface area contributed by atoms with E-state index < -0.39 is 5.60 Å². The van der Waals surface area contributed by atoms with Gasteiger partial charge in [-0.2, -0.15) is 0 Å². The van der Waals surface area contributed by atoms with Gasteiger partial charge >= 0.3 is 6.09 Å². The number of benzene rings is 1. The zero-order chi connectivity index (χ0) is 19.6. The van der Waals surface area contributed by atoms with Gasteiger partial charge in [0.05, 0.1) is 25.9 Å². The molecule has 1 aromatic carbocycles. The molecule has 1 aromatic rings. The standard InChI is InChI=1S/C21H32N2O4/c1-15-12-22(20(24)27-21(2,3)4)13-18-11-17-7-6-16(10-19(17)23(15)18)14-26-9-8-25-5/h6-7,10,15,18H,8-9,11-14H2,1-5H3. The highest BCUT2D eigenvalue weighted by Gasteiger charge is 2.40. The normalized spacial score (nSPS) is 21.8. The summed E-state index contributed by atoms with van der Waals surface area (Å²) in [5, 5.41) is 0. The van der Waals surface area contributed by atoms with Crippen molar-refractivity contribution in [3.8, 4) is 0 Å². The van der Waals surface area contributed by atoms with Crippen molar-refractivity contribution in [1.82, 2.24) is 4.90 Å². The van der Waals surface area contributed by atoms with Crippen molar-refractivity contribution in [3.05, 3.63) is 29.3 Å². The van der Waals surface area contributed by atoms with Crippen LogP contribution in [0.4, 0.5) is 10.5 Å². The number of methoxy groups -OCH3 is 1. The molecule has 27 heavy (non-hydrogen) atoms. The van der Waals surface area contributed by atoms with E-state index in [4.69, 9.17) is 14.2 Å². The summed E-state index contributed by atoms with van der Waals surface area (Å²) in [5.41, 5.74) is 3.34. The van der Waals surface area contributed by atoms with Crippen LogP contribution in [-0.2, 0) is 27.2 Å². The summed E-state index contributed by atoms with van der Waals surface area (Å²) in [6.07, 6.45) is 0.751. The maximum Gasteiger partial charge on any atom is 0.410 e. The zero-order valence-electron chi connectivity index (χ0n) is 17.2. The maximum atomic E-state index is 12.5. The van der Waals surface area contributed by atoms with Crippen molar-refractivity contribution in [3.63, 3.8) is 0 Å². The van der Waals surface area contributed by atoms with E-state index in [0.717, 1.165) is 6.42 Å². The molecule has 2 heterocycles. The second-order valence-corrected chi connectivity index (χ2v) is 8.51. The summed E-state index contributed by atoms with van der Waals surface area (Å²) in [6, 6.07) is 7.14. The van der Waals surface area contributed by atoms with Gasteiger partial charge in [0, 0.05) is 31.9 Å². The number of rotatable bonds is 5. The lowest BCUT2D eigenvalue weighted by Gasteiger charge is -2.44. The first-order chi connectivity index (χ1) is 12.8. The number of carbonyl (C=O) groups excluding carboxylic acids is 1. The molecule has 1 fully saturated rings. The Balaban J connectivity index is 1.67. The van der Waals surface area contributed by atoms with Gasteiger partial charge in [0.1, 0.15) is 5.60 Å². The molecule has 0 aliphatic carbocycles. The molecule has 2 aliphatic heterocycles. The monoisotopic (exact) mass is 376 g/mol. The van der Waals surface area contributed by atoms with Gasteiger partial charge in [-0.3, -0.25) is 0 Å². The molecule has 0 spiro atoms. The van der Waals surface area contributed by atoms with Crippen LogP contribution >= 0.6 is 0 Å². The quantitative estimate of drug-likeness (QED) is 0.739. The minimum Gasteiger partial charge on any atom is -0.444 e. The fourth-order valence-corrected chi connectivity index (χ4v) is 3.95. The average Bonchev–Trinajstić information content (AvgIpc) is 2.95. The molecule has 3 rings (SSSR count). The number of carbonyl (C=O) groups is 1. The molecule has 2 unspecified atom stereocenters. The predicted molar refractivity (Wildman–Crippen MR) is 105 cm³/mol. The molecule has 0 aromatic heterocycles. The Labute approximate surface area is 162 Å². The molecular formula is C21H32N2O4. The van der Waals surface area contributed by atoms with Crippen LogP contribution in [0, 0.1) is 0 Å². The van der Waals surface area contributed by atoms with Crippen molar-refractivity contribution in [2.75, 3.05) is 38.3 Å². The molecule has 0 saturated carbocycles. The third-order valence-electron chi connectivity index (χ3n) is 5.02. The fourth-order valence-electron chi connectivity index (χ4n) is 3.95. The molecule has 0 N–H and O–H groups in total. The predicted octanol–water partition coefficient (Wildman–Crippen LogP) is 3.22. The maximum absolute atomic E-state index is 12.5. The Kier molecular flexibility index (Phi) is 5.96. The Bertz CT molecular complexity index is 671. The molecule has 0 radical (unpaired) electrons. The number of amides is 1. The number of ether oxygens (including phenoxy) is 3. The Hall–Kier alpha value is -1.79. The molecule has 2 atom stereocenters. The highest BCUT2D eigenvalue weighted by atomic mass is 16.6. The molecule has 2 aliphatic rings. The van der Waals surface area contributed by atoms with Crippen LogP contribution < -0.4 is 4.90 Å². The van der Waals surface area contributed by atoms with Gasteiger partial charge in [0.2, 0.25) is 0 Å². The van der Waals surface area contributed by atoms with E-state index in [2.05, 4.69) is 30.0 Å². The molecule has 0 bridgehead atoms. The smallest absolute Gasteiger partial charge is 0.410 e. The van der Waals surface area contributed by atoms with E-state index in [1.54, 1.807) is 7.11 Å². The first kappa shape index (κ1) is 20.0. The van der Waals surface area contributed by atoms with Crippen LogP contribution in [0.2, 0.25) is 0 Å². The van der Waals surface area contributed by atoms with Crippen LogP contribution in [0.1, 0.15) is 38.8 Å². The first-order valence-corrected chi connectivity index (χ1v) is 9.73. The van der Waals surface area contributed by atoms with Gasteiger partial charge in [0.15, 0.2) is 0 Å². The molecule has 150 valence electrons. The van der Waals surface area contributed by atoms with Crippen molar-refractivity contribution >= 4 is 11.8 Å². The molecule has 1 amide bonds. The third-order valence-corrected chi connectivity index (χ3v) is 5.02. The summed E-state index contributed by atoms with van der Waals surface area (Å²) in [7, 11) is 1.68. The SMILES string of the molecule is COCCOCc1ccc2c(c1)N1C(C)CN(C(=O)OC(C)(C)C)CC1C2. The van der Waals surface area contributed by atoms with E-state index in [1.165, 1.54) is 16.8 Å². The van der Waals surface area contributed by atoms with Crippen molar-refractivity contribution < 1.29 is 19.0 Å². The Morgan fingerprint density at radius 2 is 2.00 bits per heavy atom. The topological polar surface area (TPSA) is 51.2 Å². The minimum atomic E-state index is -0.464. The van der Waals surface area contributed by atoms with Gasteiger partial charge in [-0.1, -0.05) is 12.1 Å². The summed E-state index contributed by atoms with van der Waals surface area (Å²) >= 11 is 0. The molecule has 6 nitrogen and oxygen atoms in total. The minimum absolute atomic E-state index is 0.211. The number of fused-ring (bicyclic) bond motifs is 3. The second kappa shape index (κ2) is 8.07. The number of anilines is 1. The fraction of sp³-hybridized carbons (Fsp3) is 0.667. The van der Waals surface area contributed by atoms with Gasteiger partial charge in [0.25, 0.3) is 0 Å². The van der Waals surface area contributed by atoms with Gasteiger partial charge in [-0.05, 0) is 51.3 Å². The number of hydrogen-bond donors (Lipinski definition) is 0.